The molecule has 0 saturated carbocycles. The maximum atomic E-state index is 13.3. The number of nitrogens with one attached hydrogen (secondary N) is 1. The summed E-state index contributed by atoms with van der Waals surface area (Å²) in [5.74, 6) is -4.32. The molecule has 0 aliphatic heterocycles. The zero-order valence-corrected chi connectivity index (χ0v) is 12.1. The topological polar surface area (TPSA) is 83.5 Å². The van der Waals surface area contributed by atoms with Crippen molar-refractivity contribution in [3.63, 3.8) is 0 Å². The van der Waals surface area contributed by atoms with E-state index in [0.717, 1.165) is 5.56 Å². The van der Waals surface area contributed by atoms with Gasteiger partial charge in [0.2, 0.25) is 0 Å². The van der Waals surface area contributed by atoms with E-state index in [1.165, 1.54) is 12.1 Å². The molecule has 0 bridgehead atoms. The summed E-state index contributed by atoms with van der Waals surface area (Å²) in [7, 11) is -4.12. The van der Waals surface area contributed by atoms with Gasteiger partial charge in [0.25, 0.3) is 10.0 Å². The van der Waals surface area contributed by atoms with E-state index < -0.39 is 38.9 Å². The number of hydrogen-bond donors (Lipinski definition) is 2. The minimum Gasteiger partial charge on any atom is -0.478 e. The highest BCUT2D eigenvalue weighted by Gasteiger charge is 2.21. The maximum Gasteiger partial charge on any atom is 0.337 e. The lowest BCUT2D eigenvalue weighted by atomic mass is 10.2. The van der Waals surface area contributed by atoms with E-state index in [0.29, 0.717) is 12.1 Å². The van der Waals surface area contributed by atoms with Crippen molar-refractivity contribution in [2.24, 2.45) is 0 Å². The minimum atomic E-state index is -4.12. The number of benzene rings is 2. The van der Waals surface area contributed by atoms with Crippen LogP contribution in [0.3, 0.4) is 0 Å². The van der Waals surface area contributed by atoms with Crippen molar-refractivity contribution in [1.29, 1.82) is 0 Å². The second-order valence-corrected chi connectivity index (χ2v) is 6.22. The lowest BCUT2D eigenvalue weighted by molar-refractivity contribution is 0.0697. The van der Waals surface area contributed by atoms with Gasteiger partial charge in [0.05, 0.1) is 16.1 Å². The van der Waals surface area contributed by atoms with Crippen LogP contribution in [0.2, 0.25) is 0 Å². The van der Waals surface area contributed by atoms with Crippen LogP contribution in [-0.2, 0) is 10.0 Å². The summed E-state index contributed by atoms with van der Waals surface area (Å²) in [6, 6.07) is 6.65. The van der Waals surface area contributed by atoms with E-state index in [9.17, 15) is 22.0 Å². The molecule has 2 aromatic rings. The van der Waals surface area contributed by atoms with Crippen molar-refractivity contribution in [3.8, 4) is 0 Å². The van der Waals surface area contributed by atoms with Crippen LogP contribution in [0.4, 0.5) is 14.5 Å². The Kier molecular flexibility index (Phi) is 4.14. The van der Waals surface area contributed by atoms with Gasteiger partial charge < -0.3 is 5.11 Å². The van der Waals surface area contributed by atoms with Crippen LogP contribution in [0.5, 0.6) is 0 Å². The van der Waals surface area contributed by atoms with Gasteiger partial charge in [-0.2, -0.15) is 0 Å². The van der Waals surface area contributed by atoms with Crippen molar-refractivity contribution in [2.75, 3.05) is 4.72 Å². The fourth-order valence-corrected chi connectivity index (χ4v) is 2.80. The van der Waals surface area contributed by atoms with Crippen LogP contribution >= 0.6 is 0 Å². The Bertz CT molecular complexity index is 833. The fourth-order valence-electron chi connectivity index (χ4n) is 1.73. The molecule has 5 nitrogen and oxygen atoms in total. The number of rotatable bonds is 4. The predicted octanol–water partition coefficient (Wildman–Crippen LogP) is 2.77. The summed E-state index contributed by atoms with van der Waals surface area (Å²) in [5, 5.41) is 8.96. The summed E-state index contributed by atoms with van der Waals surface area (Å²) >= 11 is 0. The molecule has 0 amide bonds. The summed E-state index contributed by atoms with van der Waals surface area (Å²) in [4.78, 5) is 10.9. The normalized spacial score (nSPS) is 11.2. The molecule has 0 radical (unpaired) electrons. The van der Waals surface area contributed by atoms with E-state index in [1.54, 1.807) is 19.1 Å². The first-order chi connectivity index (χ1) is 10.2. The Labute approximate surface area is 125 Å². The van der Waals surface area contributed by atoms with Crippen molar-refractivity contribution in [3.05, 3.63) is 59.2 Å². The smallest absolute Gasteiger partial charge is 0.337 e. The molecule has 2 rings (SSSR count). The number of sulfonamides is 1. The minimum absolute atomic E-state index is 0.126. The second-order valence-electron chi connectivity index (χ2n) is 4.54. The summed E-state index contributed by atoms with van der Waals surface area (Å²) < 4.78 is 52.6. The lowest BCUT2D eigenvalue weighted by Crippen LogP contribution is -2.16. The molecular weight excluding hydrogens is 316 g/mol. The lowest BCUT2D eigenvalue weighted by Gasteiger charge is -2.11. The zero-order chi connectivity index (χ0) is 16.5. The van der Waals surface area contributed by atoms with Gasteiger partial charge in [-0.3, -0.25) is 4.72 Å². The average molecular weight is 327 g/mol. The van der Waals surface area contributed by atoms with Crippen LogP contribution in [0, 0.1) is 18.6 Å². The van der Waals surface area contributed by atoms with E-state index in [4.69, 9.17) is 5.11 Å². The molecule has 0 spiro atoms. The molecule has 0 atom stereocenters. The summed E-state index contributed by atoms with van der Waals surface area (Å²) in [6.07, 6.45) is 0. The number of carboxylic acid groups (broad SMARTS) is 1. The van der Waals surface area contributed by atoms with Gasteiger partial charge in [-0.15, -0.1) is 0 Å². The molecule has 8 heteroatoms. The Morgan fingerprint density at radius 2 is 1.64 bits per heavy atom. The Morgan fingerprint density at radius 3 is 2.18 bits per heavy atom. The van der Waals surface area contributed by atoms with Crippen LogP contribution in [0.25, 0.3) is 0 Å². The number of aromatic carboxylic acids is 1. The Morgan fingerprint density at radius 1 is 1.09 bits per heavy atom. The summed E-state index contributed by atoms with van der Waals surface area (Å²) in [5.41, 5.74) is -0.403. The van der Waals surface area contributed by atoms with E-state index >= 15 is 0 Å². The van der Waals surface area contributed by atoms with E-state index in [2.05, 4.69) is 0 Å². The molecule has 0 fully saturated rings. The SMILES string of the molecule is Cc1ccc(S(=O)(=O)Nc2cc(F)c(F)cc2C(=O)O)cc1. The zero-order valence-electron chi connectivity index (χ0n) is 11.3. The maximum absolute atomic E-state index is 13.3. The van der Waals surface area contributed by atoms with Gasteiger partial charge in [0.15, 0.2) is 11.6 Å². The van der Waals surface area contributed by atoms with Crippen molar-refractivity contribution < 1.29 is 27.1 Å². The fraction of sp³-hybridized carbons (Fsp3) is 0.0714. The average Bonchev–Trinajstić information content (AvgIpc) is 2.42. The number of carboxylic acids is 1. The third kappa shape index (κ3) is 3.22. The molecule has 0 aromatic heterocycles. The van der Waals surface area contributed by atoms with Crippen LogP contribution in [0.1, 0.15) is 15.9 Å². The number of anilines is 1. The molecular formula is C14H11F2NO4S. The first kappa shape index (κ1) is 15.9. The second kappa shape index (κ2) is 5.72. The van der Waals surface area contributed by atoms with E-state index in [1.807, 2.05) is 4.72 Å². The molecule has 0 saturated heterocycles. The quantitative estimate of drug-likeness (QED) is 0.904. The van der Waals surface area contributed by atoms with Gasteiger partial charge in [0, 0.05) is 6.07 Å². The number of hydrogen-bond acceptors (Lipinski definition) is 3. The number of carbonyl (C=O) groups is 1. The molecule has 2 N–H and O–H groups in total. The van der Waals surface area contributed by atoms with Gasteiger partial charge >= 0.3 is 5.97 Å². The van der Waals surface area contributed by atoms with Crippen molar-refractivity contribution >= 4 is 21.7 Å². The molecule has 0 aliphatic carbocycles. The molecule has 2 aromatic carbocycles. The largest absolute Gasteiger partial charge is 0.478 e. The van der Waals surface area contributed by atoms with Gasteiger partial charge in [-0.1, -0.05) is 17.7 Å². The van der Waals surface area contributed by atoms with E-state index in [-0.39, 0.29) is 4.90 Å². The van der Waals surface area contributed by atoms with Crippen LogP contribution < -0.4 is 4.72 Å². The number of halogens is 2. The van der Waals surface area contributed by atoms with Crippen molar-refractivity contribution in [1.82, 2.24) is 0 Å². The molecule has 0 aliphatic rings. The third-order valence-corrected chi connectivity index (χ3v) is 4.25. The Hall–Kier alpha value is -2.48. The standard InChI is InChI=1S/C14H11F2NO4S/c1-8-2-4-9(5-3-8)22(20,21)17-13-7-12(16)11(15)6-10(13)14(18)19/h2-7,17H,1H3,(H,18,19). The first-order valence-electron chi connectivity index (χ1n) is 6.02. The first-order valence-corrected chi connectivity index (χ1v) is 7.51. The molecule has 0 unspecified atom stereocenters. The van der Waals surface area contributed by atoms with Gasteiger partial charge in [-0.25, -0.2) is 22.0 Å². The Balaban J connectivity index is 2.47. The number of aryl methyl sites for hydroxylation is 1. The van der Waals surface area contributed by atoms with Crippen LogP contribution in [-0.4, -0.2) is 19.5 Å². The van der Waals surface area contributed by atoms with Crippen molar-refractivity contribution in [2.45, 2.75) is 11.8 Å². The highest BCUT2D eigenvalue weighted by molar-refractivity contribution is 7.92. The van der Waals surface area contributed by atoms with Crippen LogP contribution in [0.15, 0.2) is 41.3 Å². The summed E-state index contributed by atoms with van der Waals surface area (Å²) in [6.45, 7) is 1.77. The highest BCUT2D eigenvalue weighted by Crippen LogP contribution is 2.23. The predicted molar refractivity (Wildman–Crippen MR) is 75.3 cm³/mol. The monoisotopic (exact) mass is 327 g/mol. The molecule has 22 heavy (non-hydrogen) atoms. The third-order valence-electron chi connectivity index (χ3n) is 2.87. The highest BCUT2D eigenvalue weighted by atomic mass is 32.2. The van der Waals surface area contributed by atoms with Gasteiger partial charge in [-0.05, 0) is 25.1 Å². The molecule has 0 heterocycles. The van der Waals surface area contributed by atoms with Gasteiger partial charge in [0.1, 0.15) is 0 Å². The molecule has 116 valence electrons.